The molecule has 2 N–H and O–H groups in total. The highest BCUT2D eigenvalue weighted by Gasteiger charge is 2.22. The lowest BCUT2D eigenvalue weighted by molar-refractivity contribution is -0.116. The minimum atomic E-state index is -0.0535. The van der Waals surface area contributed by atoms with Gasteiger partial charge in [-0.05, 0) is 37.3 Å². The Balaban J connectivity index is 1.81. The Morgan fingerprint density at radius 2 is 2.43 bits per heavy atom. The number of rotatable bonds is 6. The van der Waals surface area contributed by atoms with E-state index >= 15 is 0 Å². The van der Waals surface area contributed by atoms with Crippen molar-refractivity contribution in [3.05, 3.63) is 17.0 Å². The molecule has 0 radical (unpaired) electrons. The van der Waals surface area contributed by atoms with Gasteiger partial charge in [0, 0.05) is 25.6 Å². The van der Waals surface area contributed by atoms with Gasteiger partial charge in [0.1, 0.15) is 11.1 Å². The quantitative estimate of drug-likeness (QED) is 0.844. The van der Waals surface area contributed by atoms with Gasteiger partial charge in [-0.3, -0.25) is 9.69 Å². The molecular formula is C15H21N3O2S. The summed E-state index contributed by atoms with van der Waals surface area (Å²) in [4.78, 5) is 14.3. The number of piperidine rings is 1. The van der Waals surface area contributed by atoms with E-state index in [0.717, 1.165) is 25.8 Å². The molecule has 0 bridgehead atoms. The zero-order chi connectivity index (χ0) is 15.1. The number of nitrogens with one attached hydrogen (secondary N) is 1. The molecule has 114 valence electrons. The molecule has 1 amide bonds. The predicted octanol–water partition coefficient (Wildman–Crippen LogP) is 2.19. The lowest BCUT2D eigenvalue weighted by atomic mass is 9.99. The zero-order valence-corrected chi connectivity index (χ0v) is 12.9. The monoisotopic (exact) mass is 307 g/mol. The number of aliphatic hydroxyl groups excluding tert-OH is 1. The Hall–Kier alpha value is -1.42. The number of amides is 1. The molecule has 1 saturated heterocycles. The number of hydrogen-bond acceptors (Lipinski definition) is 5. The number of nitriles is 1. The molecule has 0 saturated carbocycles. The molecule has 0 aliphatic carbocycles. The fourth-order valence-corrected chi connectivity index (χ4v) is 3.51. The molecule has 1 aromatic heterocycles. The van der Waals surface area contributed by atoms with E-state index in [4.69, 9.17) is 10.4 Å². The van der Waals surface area contributed by atoms with Crippen LogP contribution in [0.3, 0.4) is 0 Å². The maximum Gasteiger partial charge on any atom is 0.226 e. The van der Waals surface area contributed by atoms with Crippen LogP contribution in [-0.4, -0.2) is 41.7 Å². The first-order chi connectivity index (χ1) is 10.2. The van der Waals surface area contributed by atoms with Crippen LogP contribution in [0.4, 0.5) is 5.00 Å². The number of carbonyl (C=O) groups is 1. The van der Waals surface area contributed by atoms with Gasteiger partial charge in [0.25, 0.3) is 0 Å². The number of nitrogens with zero attached hydrogens (tertiary/aromatic N) is 2. The number of carbonyl (C=O) groups excluding carboxylic acids is 1. The zero-order valence-electron chi connectivity index (χ0n) is 12.0. The van der Waals surface area contributed by atoms with Crippen LogP contribution in [0, 0.1) is 11.3 Å². The second kappa shape index (κ2) is 8.13. The van der Waals surface area contributed by atoms with Crippen molar-refractivity contribution in [2.45, 2.75) is 38.1 Å². The SMILES string of the molecule is N#Cc1ccsc1NC(=O)CCN1CCCCC1CCO. The molecule has 1 aliphatic heterocycles. The fourth-order valence-electron chi connectivity index (χ4n) is 2.76. The molecule has 0 aromatic carbocycles. The molecule has 6 heteroatoms. The van der Waals surface area contributed by atoms with Gasteiger partial charge >= 0.3 is 0 Å². The lowest BCUT2D eigenvalue weighted by Gasteiger charge is -2.35. The molecule has 0 spiro atoms. The van der Waals surface area contributed by atoms with Crippen molar-refractivity contribution >= 4 is 22.2 Å². The van der Waals surface area contributed by atoms with Crippen LogP contribution in [-0.2, 0) is 4.79 Å². The van der Waals surface area contributed by atoms with Gasteiger partial charge in [-0.25, -0.2) is 0 Å². The third-order valence-corrected chi connectivity index (χ3v) is 4.71. The van der Waals surface area contributed by atoms with Gasteiger partial charge in [-0.15, -0.1) is 11.3 Å². The predicted molar refractivity (Wildman–Crippen MR) is 83.2 cm³/mol. The molecule has 1 atom stereocenters. The second-order valence-electron chi connectivity index (χ2n) is 5.27. The van der Waals surface area contributed by atoms with Crippen LogP contribution < -0.4 is 5.32 Å². The Bertz CT molecular complexity index is 507. The highest BCUT2D eigenvalue weighted by Crippen LogP contribution is 2.23. The number of likely N-dealkylation sites (tertiary alicyclic amines) is 1. The molecule has 1 aliphatic rings. The summed E-state index contributed by atoms with van der Waals surface area (Å²) in [6.45, 7) is 1.91. The van der Waals surface area contributed by atoms with Gasteiger partial charge in [-0.1, -0.05) is 6.42 Å². The highest BCUT2D eigenvalue weighted by molar-refractivity contribution is 7.14. The first-order valence-corrected chi connectivity index (χ1v) is 8.25. The Kier molecular flexibility index (Phi) is 6.18. The average molecular weight is 307 g/mol. The van der Waals surface area contributed by atoms with Crippen molar-refractivity contribution in [3.8, 4) is 6.07 Å². The van der Waals surface area contributed by atoms with Gasteiger partial charge in [0.2, 0.25) is 5.91 Å². The molecule has 1 fully saturated rings. The van der Waals surface area contributed by atoms with E-state index in [1.54, 1.807) is 11.4 Å². The van der Waals surface area contributed by atoms with Gasteiger partial charge in [0.05, 0.1) is 5.56 Å². The maximum atomic E-state index is 12.0. The van der Waals surface area contributed by atoms with Crippen LogP contribution in [0.5, 0.6) is 0 Å². The third kappa shape index (κ3) is 4.53. The van der Waals surface area contributed by atoms with Crippen molar-refractivity contribution in [1.82, 2.24) is 4.90 Å². The minimum Gasteiger partial charge on any atom is -0.396 e. The van der Waals surface area contributed by atoms with E-state index in [2.05, 4.69) is 16.3 Å². The Morgan fingerprint density at radius 1 is 1.57 bits per heavy atom. The molecule has 21 heavy (non-hydrogen) atoms. The summed E-state index contributed by atoms with van der Waals surface area (Å²) in [5, 5.41) is 23.3. The summed E-state index contributed by atoms with van der Waals surface area (Å²) in [5.41, 5.74) is 0.518. The van der Waals surface area contributed by atoms with Crippen LogP contribution in [0.2, 0.25) is 0 Å². The molecule has 5 nitrogen and oxygen atoms in total. The summed E-state index contributed by atoms with van der Waals surface area (Å²) in [5.74, 6) is -0.0535. The molecular weight excluding hydrogens is 286 g/mol. The van der Waals surface area contributed by atoms with E-state index in [0.29, 0.717) is 29.6 Å². The fraction of sp³-hybridized carbons (Fsp3) is 0.600. The van der Waals surface area contributed by atoms with E-state index < -0.39 is 0 Å². The summed E-state index contributed by atoms with van der Waals surface area (Å²) < 4.78 is 0. The number of aliphatic hydroxyl groups is 1. The first-order valence-electron chi connectivity index (χ1n) is 7.37. The average Bonchev–Trinajstić information content (AvgIpc) is 2.94. The normalized spacial score (nSPS) is 19.1. The lowest BCUT2D eigenvalue weighted by Crippen LogP contribution is -2.41. The summed E-state index contributed by atoms with van der Waals surface area (Å²) >= 11 is 1.37. The highest BCUT2D eigenvalue weighted by atomic mass is 32.1. The standard InChI is InChI=1S/C15H21N3O2S/c16-11-12-6-10-21-15(12)17-14(20)4-8-18-7-2-1-3-13(18)5-9-19/h6,10,13,19H,1-5,7-9H2,(H,17,20). The number of hydrogen-bond donors (Lipinski definition) is 2. The van der Waals surface area contributed by atoms with Crippen molar-refractivity contribution in [2.75, 3.05) is 25.0 Å². The Morgan fingerprint density at radius 3 is 3.19 bits per heavy atom. The van der Waals surface area contributed by atoms with E-state index in [9.17, 15) is 4.79 Å². The van der Waals surface area contributed by atoms with Crippen molar-refractivity contribution in [2.24, 2.45) is 0 Å². The topological polar surface area (TPSA) is 76.4 Å². The van der Waals surface area contributed by atoms with Crippen LogP contribution >= 0.6 is 11.3 Å². The largest absolute Gasteiger partial charge is 0.396 e. The summed E-state index contributed by atoms with van der Waals surface area (Å²) in [6, 6.07) is 4.17. The van der Waals surface area contributed by atoms with Gasteiger partial charge in [-0.2, -0.15) is 5.26 Å². The van der Waals surface area contributed by atoms with Crippen LogP contribution in [0.25, 0.3) is 0 Å². The summed E-state index contributed by atoms with van der Waals surface area (Å²) in [7, 11) is 0. The summed E-state index contributed by atoms with van der Waals surface area (Å²) in [6.07, 6.45) is 4.67. The van der Waals surface area contributed by atoms with Gasteiger partial charge < -0.3 is 10.4 Å². The van der Waals surface area contributed by atoms with Crippen molar-refractivity contribution in [3.63, 3.8) is 0 Å². The molecule has 2 heterocycles. The van der Waals surface area contributed by atoms with Crippen molar-refractivity contribution < 1.29 is 9.90 Å². The maximum absolute atomic E-state index is 12.0. The number of anilines is 1. The van der Waals surface area contributed by atoms with Crippen LogP contribution in [0.1, 0.15) is 37.7 Å². The van der Waals surface area contributed by atoms with E-state index in [-0.39, 0.29) is 12.5 Å². The Labute approximate surface area is 129 Å². The number of thiophene rings is 1. The smallest absolute Gasteiger partial charge is 0.226 e. The van der Waals surface area contributed by atoms with Gasteiger partial charge in [0.15, 0.2) is 0 Å². The van der Waals surface area contributed by atoms with Crippen molar-refractivity contribution in [1.29, 1.82) is 5.26 Å². The third-order valence-electron chi connectivity index (χ3n) is 3.88. The molecule has 2 rings (SSSR count). The van der Waals surface area contributed by atoms with Crippen LogP contribution in [0.15, 0.2) is 11.4 Å². The minimum absolute atomic E-state index is 0.0535. The molecule has 1 aromatic rings. The van der Waals surface area contributed by atoms with E-state index in [1.807, 2.05) is 0 Å². The first kappa shape index (κ1) is 16.0. The second-order valence-corrected chi connectivity index (χ2v) is 6.19. The van der Waals surface area contributed by atoms with E-state index in [1.165, 1.54) is 17.8 Å². The molecule has 1 unspecified atom stereocenters.